The Hall–Kier alpha value is -4.61. The third-order valence-corrected chi connectivity index (χ3v) is 8.60. The molecular formula is C30H28F2N6O4. The predicted molar refractivity (Wildman–Crippen MR) is 146 cm³/mol. The number of ether oxygens (including phenoxy) is 1. The number of hydrogen-bond donors (Lipinski definition) is 3. The predicted octanol–water partition coefficient (Wildman–Crippen LogP) is 4.93. The average Bonchev–Trinajstić information content (AvgIpc) is 3.88. The number of aromatic nitrogens is 4. The lowest BCUT2D eigenvalue weighted by Gasteiger charge is -2.38. The Balaban J connectivity index is 1.24. The second kappa shape index (κ2) is 9.74. The largest absolute Gasteiger partial charge is 0.492 e. The lowest BCUT2D eigenvalue weighted by molar-refractivity contribution is -0.119. The Kier molecular flexibility index (Phi) is 6.10. The molecule has 42 heavy (non-hydrogen) atoms. The number of amides is 2. The molecule has 0 bridgehead atoms. The second-order valence-electron chi connectivity index (χ2n) is 11.5. The summed E-state index contributed by atoms with van der Waals surface area (Å²) in [7, 11) is 0. The molecule has 3 heterocycles. The molecule has 3 N–H and O–H groups in total. The monoisotopic (exact) mass is 574 g/mol. The van der Waals surface area contributed by atoms with Crippen LogP contribution in [-0.2, 0) is 4.79 Å². The highest BCUT2D eigenvalue weighted by Crippen LogP contribution is 2.61. The topological polar surface area (TPSA) is 135 Å². The molecule has 2 atom stereocenters. The highest BCUT2D eigenvalue weighted by molar-refractivity contribution is 6.01. The number of halogens is 2. The Morgan fingerprint density at radius 1 is 1.10 bits per heavy atom. The molecule has 2 saturated carbocycles. The molecule has 2 aromatic heterocycles. The number of aryl methyl sites for hydroxylation is 2. The number of benzene rings is 2. The van der Waals surface area contributed by atoms with E-state index in [9.17, 15) is 14.0 Å². The van der Waals surface area contributed by atoms with E-state index in [1.165, 1.54) is 0 Å². The Labute approximate surface area is 239 Å². The summed E-state index contributed by atoms with van der Waals surface area (Å²) >= 11 is 0. The van der Waals surface area contributed by atoms with Gasteiger partial charge in [-0.2, -0.15) is 5.10 Å². The van der Waals surface area contributed by atoms with Crippen molar-refractivity contribution in [1.29, 1.82) is 0 Å². The van der Waals surface area contributed by atoms with E-state index in [0.717, 1.165) is 47.5 Å². The van der Waals surface area contributed by atoms with Crippen LogP contribution in [0.2, 0.25) is 0 Å². The molecule has 12 heteroatoms. The quantitative estimate of drug-likeness (QED) is 0.285. The molecule has 2 fully saturated rings. The van der Waals surface area contributed by atoms with Crippen molar-refractivity contribution in [2.75, 3.05) is 11.9 Å². The Bertz CT molecular complexity index is 1690. The highest BCUT2D eigenvalue weighted by Gasteiger charge is 2.59. The number of carbonyl (C=O) groups is 2. The summed E-state index contributed by atoms with van der Waals surface area (Å²) in [5, 5.41) is 20.6. The molecule has 0 radical (unpaired) electrons. The van der Waals surface area contributed by atoms with Gasteiger partial charge in [-0.25, -0.2) is 13.4 Å². The zero-order valence-corrected chi connectivity index (χ0v) is 23.0. The Morgan fingerprint density at radius 2 is 1.86 bits per heavy atom. The first kappa shape index (κ1) is 26.3. The first-order valence-electron chi connectivity index (χ1n) is 13.9. The smallest absolute Gasteiger partial charge is 0.276 e. The fraction of sp³-hybridized carbons (Fsp3) is 0.367. The summed E-state index contributed by atoms with van der Waals surface area (Å²) in [4.78, 5) is 27.6. The molecule has 10 nitrogen and oxygen atoms in total. The second-order valence-corrected chi connectivity index (χ2v) is 11.5. The van der Waals surface area contributed by atoms with Gasteiger partial charge in [-0.1, -0.05) is 17.3 Å². The van der Waals surface area contributed by atoms with E-state index in [4.69, 9.17) is 9.37 Å². The number of aromatic amines is 1. The normalized spacial score (nSPS) is 19.1. The third-order valence-electron chi connectivity index (χ3n) is 8.60. The molecule has 216 valence electrons. The van der Waals surface area contributed by atoms with Gasteiger partial charge in [0.25, 0.3) is 5.91 Å². The van der Waals surface area contributed by atoms with Gasteiger partial charge in [0.2, 0.25) is 5.91 Å². The number of nitrogens with zero attached hydrogens (tertiary/aromatic N) is 3. The van der Waals surface area contributed by atoms with Crippen LogP contribution in [0, 0.1) is 30.9 Å². The number of anilines is 1. The molecule has 2 aliphatic carbocycles. The molecule has 4 aromatic rings. The van der Waals surface area contributed by atoms with Crippen LogP contribution in [0.3, 0.4) is 0 Å². The summed E-state index contributed by atoms with van der Waals surface area (Å²) in [5.41, 5.74) is 4.08. The van der Waals surface area contributed by atoms with Gasteiger partial charge in [-0.3, -0.25) is 14.7 Å². The zero-order valence-electron chi connectivity index (χ0n) is 23.0. The van der Waals surface area contributed by atoms with Crippen LogP contribution in [0.5, 0.6) is 5.75 Å². The first-order valence-corrected chi connectivity index (χ1v) is 13.9. The lowest BCUT2D eigenvalue weighted by atomic mass is 9.75. The van der Waals surface area contributed by atoms with Crippen molar-refractivity contribution in [3.05, 3.63) is 76.4 Å². The van der Waals surface area contributed by atoms with Gasteiger partial charge in [0, 0.05) is 51.9 Å². The summed E-state index contributed by atoms with van der Waals surface area (Å²) in [5.74, 6) is -3.53. The van der Waals surface area contributed by atoms with Crippen LogP contribution in [0.1, 0.15) is 70.7 Å². The van der Waals surface area contributed by atoms with Gasteiger partial charge >= 0.3 is 0 Å². The van der Waals surface area contributed by atoms with E-state index in [-0.39, 0.29) is 29.5 Å². The van der Waals surface area contributed by atoms with Gasteiger partial charge in [0.1, 0.15) is 29.1 Å². The maximum Gasteiger partial charge on any atom is 0.276 e. The van der Waals surface area contributed by atoms with E-state index < -0.39 is 40.8 Å². The molecule has 3 aliphatic rings. The van der Waals surface area contributed by atoms with Crippen molar-refractivity contribution in [3.8, 4) is 16.9 Å². The maximum absolute atomic E-state index is 15.4. The fourth-order valence-corrected chi connectivity index (χ4v) is 6.14. The van der Waals surface area contributed by atoms with Crippen LogP contribution in [0.4, 0.5) is 14.5 Å². The number of H-pyrrole nitrogens is 1. The molecular weight excluding hydrogens is 546 g/mol. The van der Waals surface area contributed by atoms with Crippen molar-refractivity contribution in [2.45, 2.75) is 57.4 Å². The van der Waals surface area contributed by atoms with Crippen LogP contribution in [0.15, 0.2) is 41.0 Å². The highest BCUT2D eigenvalue weighted by atomic mass is 19.1. The average molecular weight is 575 g/mol. The number of rotatable bonds is 7. The van der Waals surface area contributed by atoms with E-state index in [1.807, 2.05) is 26.0 Å². The molecule has 0 saturated heterocycles. The van der Waals surface area contributed by atoms with Crippen molar-refractivity contribution in [1.82, 2.24) is 25.8 Å². The van der Waals surface area contributed by atoms with Gasteiger partial charge in [-0.05, 0) is 62.4 Å². The van der Waals surface area contributed by atoms with E-state index in [0.29, 0.717) is 24.2 Å². The van der Waals surface area contributed by atoms with Crippen molar-refractivity contribution in [3.63, 3.8) is 0 Å². The first-order chi connectivity index (χ1) is 20.2. The third kappa shape index (κ3) is 4.50. The Morgan fingerprint density at radius 3 is 2.52 bits per heavy atom. The molecule has 2 aromatic carbocycles. The lowest BCUT2D eigenvalue weighted by Crippen LogP contribution is -2.52. The minimum atomic E-state index is -1.23. The number of hydrogen-bond acceptors (Lipinski definition) is 7. The summed E-state index contributed by atoms with van der Waals surface area (Å²) < 4.78 is 40.2. The maximum atomic E-state index is 15.4. The van der Waals surface area contributed by atoms with Gasteiger partial charge in [-0.15, -0.1) is 0 Å². The molecule has 2 amide bonds. The van der Waals surface area contributed by atoms with Crippen LogP contribution >= 0.6 is 0 Å². The minimum Gasteiger partial charge on any atom is -0.492 e. The van der Waals surface area contributed by atoms with Gasteiger partial charge in [0.05, 0.1) is 12.3 Å². The van der Waals surface area contributed by atoms with Gasteiger partial charge < -0.3 is 15.4 Å². The van der Waals surface area contributed by atoms with Crippen LogP contribution < -0.4 is 15.4 Å². The number of fused-ring (bicyclic) bond motifs is 1. The molecule has 1 spiro atoms. The number of nitrogens with one attached hydrogen (secondary N) is 3. The minimum absolute atomic E-state index is 0.00205. The van der Waals surface area contributed by atoms with Crippen molar-refractivity contribution >= 4 is 17.5 Å². The zero-order chi connectivity index (χ0) is 29.2. The van der Waals surface area contributed by atoms with E-state index in [1.54, 1.807) is 12.1 Å². The number of carbonyl (C=O) groups excluding carboxylic acids is 2. The summed E-state index contributed by atoms with van der Waals surface area (Å²) in [6, 6.07) is 7.90. The van der Waals surface area contributed by atoms with E-state index in [2.05, 4.69) is 31.1 Å². The van der Waals surface area contributed by atoms with Gasteiger partial charge in [0.15, 0.2) is 5.69 Å². The standard InChI is InChI=1S/C30H28F2N6O4/c1-14-22(15(2)36-35-14)16-5-7-19(8-6-16)33-28(39)26(34-29(40)27-25(17-3-4-17)37-42-38-27)24-23-20(32)11-18(31)12-21(23)41-13-30(24)9-10-30/h5-8,11-12,17,24,26H,3-4,9-10,13H2,1-2H3,(H,33,39)(H,34,40)(H,35,36)/t24?,26-/m0/s1. The summed E-state index contributed by atoms with van der Waals surface area (Å²) in [6.07, 6.45) is 3.04. The molecule has 1 unspecified atom stereocenters. The molecule has 1 aliphatic heterocycles. The SMILES string of the molecule is Cc1n[nH]c(C)c1-c1ccc(NC(=O)[C@@H](NC(=O)c2nonc2C2CC2)C2c3c(F)cc(F)cc3OCC23CC3)cc1. The van der Waals surface area contributed by atoms with Crippen molar-refractivity contribution < 1.29 is 27.7 Å². The van der Waals surface area contributed by atoms with E-state index >= 15 is 4.39 Å². The molecule has 7 rings (SSSR count). The summed E-state index contributed by atoms with van der Waals surface area (Å²) in [6.45, 7) is 4.01. The van der Waals surface area contributed by atoms with Crippen molar-refractivity contribution in [2.24, 2.45) is 5.41 Å². The van der Waals surface area contributed by atoms with Crippen LogP contribution in [0.25, 0.3) is 11.1 Å². The fourth-order valence-electron chi connectivity index (χ4n) is 6.14. The van der Waals surface area contributed by atoms with Crippen LogP contribution in [-0.4, -0.2) is 45.0 Å².